The number of carbonyl (C=O) groups excluding carboxylic acids is 1. The molecule has 0 saturated carbocycles. The smallest absolute Gasteiger partial charge is 0.326 e. The molecule has 0 heterocycles. The van der Waals surface area contributed by atoms with E-state index in [1.165, 1.54) is 12.1 Å². The van der Waals surface area contributed by atoms with Gasteiger partial charge in [0.15, 0.2) is 0 Å². The lowest BCUT2D eigenvalue weighted by Gasteiger charge is -2.13. The average Bonchev–Trinajstić information content (AvgIpc) is 2.59. The standard InChI is InChI=1S/C18H17NO7/c20-13-6-12(17(23)19-15(18(24)25)9-16(21)22)7-14(8-13)26-10-11-4-2-1-3-5-11/h1-8,15,20H,9-10H2,(H,19,23)(H,21,22)(H,24,25). The van der Waals surface area contributed by atoms with E-state index < -0.39 is 30.3 Å². The highest BCUT2D eigenvalue weighted by molar-refractivity contribution is 5.98. The van der Waals surface area contributed by atoms with Crippen LogP contribution in [0.5, 0.6) is 11.5 Å². The minimum absolute atomic E-state index is 0.0512. The predicted molar refractivity (Wildman–Crippen MR) is 90.0 cm³/mol. The van der Waals surface area contributed by atoms with Crippen molar-refractivity contribution in [3.8, 4) is 11.5 Å². The highest BCUT2D eigenvalue weighted by Gasteiger charge is 2.24. The zero-order chi connectivity index (χ0) is 19.1. The summed E-state index contributed by atoms with van der Waals surface area (Å²) in [4.78, 5) is 33.9. The molecule has 0 saturated heterocycles. The molecule has 0 aromatic heterocycles. The van der Waals surface area contributed by atoms with Gasteiger partial charge in [-0.2, -0.15) is 0 Å². The van der Waals surface area contributed by atoms with Gasteiger partial charge in [0.05, 0.1) is 6.42 Å². The van der Waals surface area contributed by atoms with Gasteiger partial charge in [-0.25, -0.2) is 4.79 Å². The van der Waals surface area contributed by atoms with E-state index in [4.69, 9.17) is 14.9 Å². The molecule has 26 heavy (non-hydrogen) atoms. The summed E-state index contributed by atoms with van der Waals surface area (Å²) in [7, 11) is 0. The van der Waals surface area contributed by atoms with E-state index in [1.807, 2.05) is 30.3 Å². The van der Waals surface area contributed by atoms with Gasteiger partial charge in [0.1, 0.15) is 24.1 Å². The minimum atomic E-state index is -1.59. The van der Waals surface area contributed by atoms with Crippen molar-refractivity contribution in [2.24, 2.45) is 0 Å². The van der Waals surface area contributed by atoms with Gasteiger partial charge in [-0.1, -0.05) is 30.3 Å². The van der Waals surface area contributed by atoms with Crippen LogP contribution in [0.15, 0.2) is 48.5 Å². The number of phenols is 1. The van der Waals surface area contributed by atoms with E-state index in [2.05, 4.69) is 5.32 Å². The predicted octanol–water partition coefficient (Wildman–Crippen LogP) is 1.63. The Hall–Kier alpha value is -3.55. The number of ether oxygens (including phenoxy) is 1. The Morgan fingerprint density at radius 3 is 2.35 bits per heavy atom. The number of amides is 1. The fourth-order valence-corrected chi connectivity index (χ4v) is 2.15. The summed E-state index contributed by atoms with van der Waals surface area (Å²) in [5, 5.41) is 29.6. The summed E-state index contributed by atoms with van der Waals surface area (Å²) in [6.45, 7) is 0.210. The molecule has 0 aliphatic heterocycles. The third kappa shape index (κ3) is 5.52. The van der Waals surface area contributed by atoms with Crippen LogP contribution in [-0.2, 0) is 16.2 Å². The van der Waals surface area contributed by atoms with Crippen molar-refractivity contribution >= 4 is 17.8 Å². The van der Waals surface area contributed by atoms with Gasteiger partial charge in [0, 0.05) is 11.6 Å². The number of aliphatic carboxylic acids is 2. The minimum Gasteiger partial charge on any atom is -0.508 e. The Balaban J connectivity index is 2.10. The quantitative estimate of drug-likeness (QED) is 0.563. The van der Waals surface area contributed by atoms with E-state index in [9.17, 15) is 19.5 Å². The van der Waals surface area contributed by atoms with E-state index in [-0.39, 0.29) is 23.7 Å². The number of hydrogen-bond donors (Lipinski definition) is 4. The zero-order valence-corrected chi connectivity index (χ0v) is 13.6. The lowest BCUT2D eigenvalue weighted by molar-refractivity contribution is -0.145. The largest absolute Gasteiger partial charge is 0.508 e. The van der Waals surface area contributed by atoms with Crippen LogP contribution in [0.4, 0.5) is 0 Å². The fraction of sp³-hybridized carbons (Fsp3) is 0.167. The van der Waals surface area contributed by atoms with Gasteiger partial charge >= 0.3 is 11.9 Å². The molecule has 0 aliphatic rings. The number of benzene rings is 2. The van der Waals surface area contributed by atoms with Crippen LogP contribution in [0.2, 0.25) is 0 Å². The maximum absolute atomic E-state index is 12.2. The van der Waals surface area contributed by atoms with Gasteiger partial charge in [-0.05, 0) is 17.7 Å². The number of aromatic hydroxyl groups is 1. The highest BCUT2D eigenvalue weighted by Crippen LogP contribution is 2.23. The summed E-state index contributed by atoms with van der Waals surface area (Å²) >= 11 is 0. The summed E-state index contributed by atoms with van der Waals surface area (Å²) in [5.41, 5.74) is 0.832. The molecule has 0 fully saturated rings. The maximum Gasteiger partial charge on any atom is 0.326 e. The molecule has 1 amide bonds. The summed E-state index contributed by atoms with van der Waals surface area (Å²) < 4.78 is 5.53. The van der Waals surface area contributed by atoms with Crippen molar-refractivity contribution < 1.29 is 34.4 Å². The van der Waals surface area contributed by atoms with Gasteiger partial charge in [-0.3, -0.25) is 9.59 Å². The van der Waals surface area contributed by atoms with Gasteiger partial charge in [0.25, 0.3) is 5.91 Å². The van der Waals surface area contributed by atoms with Crippen LogP contribution in [0.3, 0.4) is 0 Å². The Morgan fingerprint density at radius 1 is 1.04 bits per heavy atom. The van der Waals surface area contributed by atoms with Crippen molar-refractivity contribution in [3.63, 3.8) is 0 Å². The Labute approximate surface area is 148 Å². The van der Waals surface area contributed by atoms with Crippen molar-refractivity contribution in [3.05, 3.63) is 59.7 Å². The molecule has 136 valence electrons. The molecule has 1 atom stereocenters. The summed E-state index contributed by atoms with van der Waals surface area (Å²) in [5.74, 6) is -3.70. The van der Waals surface area contributed by atoms with Crippen LogP contribution in [0, 0.1) is 0 Å². The van der Waals surface area contributed by atoms with Crippen molar-refractivity contribution in [1.82, 2.24) is 5.32 Å². The van der Waals surface area contributed by atoms with Gasteiger partial charge < -0.3 is 25.4 Å². The molecule has 2 aromatic rings. The number of hydrogen-bond acceptors (Lipinski definition) is 5. The normalized spacial score (nSPS) is 11.4. The number of rotatable bonds is 8. The Bertz CT molecular complexity index is 804. The molecule has 8 nitrogen and oxygen atoms in total. The van der Waals surface area contributed by atoms with Crippen molar-refractivity contribution in [1.29, 1.82) is 0 Å². The maximum atomic E-state index is 12.2. The molecule has 2 rings (SSSR count). The molecular weight excluding hydrogens is 342 g/mol. The van der Waals surface area contributed by atoms with Crippen molar-refractivity contribution in [2.45, 2.75) is 19.1 Å². The lowest BCUT2D eigenvalue weighted by Crippen LogP contribution is -2.42. The molecule has 0 radical (unpaired) electrons. The first kappa shape index (κ1) is 18.8. The number of carboxylic acids is 2. The van der Waals surface area contributed by atoms with Gasteiger partial charge in [0.2, 0.25) is 0 Å². The molecule has 8 heteroatoms. The van der Waals surface area contributed by atoms with E-state index >= 15 is 0 Å². The molecule has 0 bridgehead atoms. The molecule has 2 aromatic carbocycles. The third-order valence-electron chi connectivity index (χ3n) is 3.38. The van der Waals surface area contributed by atoms with Crippen LogP contribution < -0.4 is 10.1 Å². The first-order chi connectivity index (χ1) is 12.3. The number of carboxylic acid groups (broad SMARTS) is 2. The van der Waals surface area contributed by atoms with E-state index in [1.54, 1.807) is 0 Å². The van der Waals surface area contributed by atoms with Gasteiger partial charge in [-0.15, -0.1) is 0 Å². The summed E-state index contributed by atoms with van der Waals surface area (Å²) in [6.07, 6.45) is -0.767. The lowest BCUT2D eigenvalue weighted by atomic mass is 10.1. The molecular formula is C18H17NO7. The van der Waals surface area contributed by atoms with E-state index in [0.29, 0.717) is 0 Å². The van der Waals surface area contributed by atoms with Crippen LogP contribution in [0.25, 0.3) is 0 Å². The Morgan fingerprint density at radius 2 is 1.73 bits per heavy atom. The van der Waals surface area contributed by atoms with E-state index in [0.717, 1.165) is 11.6 Å². The highest BCUT2D eigenvalue weighted by atomic mass is 16.5. The second-order valence-electron chi connectivity index (χ2n) is 5.45. The zero-order valence-electron chi connectivity index (χ0n) is 13.6. The number of carbonyl (C=O) groups is 3. The number of phenolic OH excluding ortho intramolecular Hbond substituents is 1. The second kappa shape index (κ2) is 8.52. The summed E-state index contributed by atoms with van der Waals surface area (Å²) in [6, 6.07) is 11.4. The molecule has 4 N–H and O–H groups in total. The average molecular weight is 359 g/mol. The first-order valence-corrected chi connectivity index (χ1v) is 7.61. The first-order valence-electron chi connectivity index (χ1n) is 7.61. The second-order valence-corrected chi connectivity index (χ2v) is 5.45. The molecule has 1 unspecified atom stereocenters. The third-order valence-corrected chi connectivity index (χ3v) is 3.38. The SMILES string of the molecule is O=C(O)CC(NC(=O)c1cc(O)cc(OCc2ccccc2)c1)C(=O)O. The van der Waals surface area contributed by atoms with Crippen molar-refractivity contribution in [2.75, 3.05) is 0 Å². The topological polar surface area (TPSA) is 133 Å². The fourth-order valence-electron chi connectivity index (χ4n) is 2.15. The Kier molecular flexibility index (Phi) is 6.15. The molecule has 0 aliphatic carbocycles. The molecule has 0 spiro atoms. The van der Waals surface area contributed by atoms with Crippen LogP contribution in [0.1, 0.15) is 22.3 Å². The number of nitrogens with one attached hydrogen (secondary N) is 1. The van der Waals surface area contributed by atoms with Crippen LogP contribution >= 0.6 is 0 Å². The van der Waals surface area contributed by atoms with Crippen LogP contribution in [-0.4, -0.2) is 39.2 Å². The monoisotopic (exact) mass is 359 g/mol.